The Morgan fingerprint density at radius 1 is 1.25 bits per heavy atom. The van der Waals surface area contributed by atoms with Gasteiger partial charge in [-0.1, -0.05) is 29.8 Å². The van der Waals surface area contributed by atoms with E-state index < -0.39 is 0 Å². The Morgan fingerprint density at radius 2 is 2.21 bits per heavy atom. The summed E-state index contributed by atoms with van der Waals surface area (Å²) in [7, 11) is 0. The number of benzene rings is 1. The topological polar surface area (TPSA) is 53.6 Å². The fourth-order valence-corrected chi connectivity index (χ4v) is 3.61. The summed E-state index contributed by atoms with van der Waals surface area (Å²) in [4.78, 5) is 12.0. The van der Waals surface area contributed by atoms with Crippen molar-refractivity contribution in [2.75, 3.05) is 0 Å². The Labute approximate surface area is 142 Å². The molecular formula is C20H22N4. The lowest BCUT2D eigenvalue weighted by molar-refractivity contribution is 0.420. The molecule has 2 atom stereocenters. The highest BCUT2D eigenvalue weighted by atomic mass is 15.0. The highest BCUT2D eigenvalue weighted by molar-refractivity contribution is 5.36. The van der Waals surface area contributed by atoms with Crippen LogP contribution in [0.1, 0.15) is 53.0 Å². The second-order valence-corrected chi connectivity index (χ2v) is 6.51. The normalized spacial score (nSPS) is 18.1. The number of imidazole rings is 1. The Balaban J connectivity index is 1.68. The van der Waals surface area contributed by atoms with Crippen LogP contribution in [-0.2, 0) is 6.42 Å². The summed E-state index contributed by atoms with van der Waals surface area (Å²) in [5, 5.41) is 3.82. The van der Waals surface area contributed by atoms with E-state index in [1.807, 2.05) is 24.7 Å². The van der Waals surface area contributed by atoms with Gasteiger partial charge in [0.05, 0.1) is 6.04 Å². The van der Waals surface area contributed by atoms with Gasteiger partial charge in [0.1, 0.15) is 5.82 Å². The number of rotatable bonds is 4. The van der Waals surface area contributed by atoms with Crippen LogP contribution in [0, 0.1) is 6.92 Å². The van der Waals surface area contributed by atoms with Crippen molar-refractivity contribution in [3.05, 3.63) is 83.2 Å². The standard InChI is InChI=1S/C20H22N4/c1-14-7-8-15-4-2-6-18(17(15)12-14)24-19(20-22-10-11-23-20)16-5-3-9-21-13-16/h3,5,7-13,18-19,24H,2,4,6H2,1H3,(H,22,23)/t18-,19-/m0/s1. The van der Waals surface area contributed by atoms with Crippen LogP contribution in [0.15, 0.2) is 55.1 Å². The second-order valence-electron chi connectivity index (χ2n) is 6.51. The first-order chi connectivity index (χ1) is 11.8. The van der Waals surface area contributed by atoms with Gasteiger partial charge in [-0.15, -0.1) is 0 Å². The molecule has 1 aliphatic carbocycles. The van der Waals surface area contributed by atoms with Crippen LogP contribution in [0.2, 0.25) is 0 Å². The molecule has 0 aliphatic heterocycles. The minimum Gasteiger partial charge on any atom is -0.347 e. The number of H-pyrrole nitrogens is 1. The van der Waals surface area contributed by atoms with Crippen molar-refractivity contribution in [3.63, 3.8) is 0 Å². The van der Waals surface area contributed by atoms with Gasteiger partial charge in [-0.2, -0.15) is 0 Å². The number of hydrogen-bond acceptors (Lipinski definition) is 3. The summed E-state index contributed by atoms with van der Waals surface area (Å²) in [6.45, 7) is 2.16. The summed E-state index contributed by atoms with van der Waals surface area (Å²) in [5.41, 5.74) is 5.35. The minimum absolute atomic E-state index is 0.0187. The van der Waals surface area contributed by atoms with Crippen LogP contribution >= 0.6 is 0 Å². The molecule has 4 nitrogen and oxygen atoms in total. The largest absolute Gasteiger partial charge is 0.347 e. The van der Waals surface area contributed by atoms with Crippen molar-refractivity contribution in [1.29, 1.82) is 0 Å². The molecule has 2 aromatic heterocycles. The van der Waals surface area contributed by atoms with Crippen LogP contribution in [0.4, 0.5) is 0 Å². The first-order valence-corrected chi connectivity index (χ1v) is 8.56. The van der Waals surface area contributed by atoms with E-state index >= 15 is 0 Å². The molecule has 0 fully saturated rings. The van der Waals surface area contributed by atoms with E-state index in [1.54, 1.807) is 6.20 Å². The SMILES string of the molecule is Cc1ccc2c(c1)[C@@H](N[C@@H](c1cccnc1)c1ncc[nH]1)CCC2. The maximum Gasteiger partial charge on any atom is 0.127 e. The van der Waals surface area contributed by atoms with E-state index in [1.165, 1.54) is 29.5 Å². The van der Waals surface area contributed by atoms with Gasteiger partial charge in [0.15, 0.2) is 0 Å². The van der Waals surface area contributed by atoms with Gasteiger partial charge >= 0.3 is 0 Å². The lowest BCUT2D eigenvalue weighted by Gasteiger charge is -2.30. The fourth-order valence-electron chi connectivity index (χ4n) is 3.61. The zero-order chi connectivity index (χ0) is 16.4. The number of hydrogen-bond donors (Lipinski definition) is 2. The van der Waals surface area contributed by atoms with E-state index in [2.05, 4.69) is 51.5 Å². The van der Waals surface area contributed by atoms with Gasteiger partial charge in [-0.25, -0.2) is 4.98 Å². The van der Waals surface area contributed by atoms with Gasteiger partial charge in [0, 0.05) is 30.8 Å². The van der Waals surface area contributed by atoms with E-state index in [0.717, 1.165) is 17.8 Å². The van der Waals surface area contributed by atoms with Gasteiger partial charge in [-0.05, 0) is 48.9 Å². The summed E-state index contributed by atoms with van der Waals surface area (Å²) in [6, 6.07) is 11.3. The van der Waals surface area contributed by atoms with Gasteiger partial charge in [0.25, 0.3) is 0 Å². The minimum atomic E-state index is 0.0187. The zero-order valence-corrected chi connectivity index (χ0v) is 13.9. The van der Waals surface area contributed by atoms with Crippen molar-refractivity contribution < 1.29 is 0 Å². The first-order valence-electron chi connectivity index (χ1n) is 8.56. The number of aromatic amines is 1. The molecule has 4 heteroatoms. The van der Waals surface area contributed by atoms with Gasteiger partial charge < -0.3 is 4.98 Å². The van der Waals surface area contributed by atoms with Crippen LogP contribution in [0.3, 0.4) is 0 Å². The molecule has 1 aromatic carbocycles. The van der Waals surface area contributed by atoms with E-state index in [-0.39, 0.29) is 6.04 Å². The Morgan fingerprint density at radius 3 is 3.00 bits per heavy atom. The van der Waals surface area contributed by atoms with Crippen molar-refractivity contribution in [3.8, 4) is 0 Å². The predicted octanol–water partition coefficient (Wildman–Crippen LogP) is 3.87. The van der Waals surface area contributed by atoms with Gasteiger partial charge in [-0.3, -0.25) is 10.3 Å². The molecule has 2 N–H and O–H groups in total. The van der Waals surface area contributed by atoms with Crippen LogP contribution in [0.25, 0.3) is 0 Å². The van der Waals surface area contributed by atoms with Crippen LogP contribution in [-0.4, -0.2) is 15.0 Å². The van der Waals surface area contributed by atoms with E-state index in [9.17, 15) is 0 Å². The third kappa shape index (κ3) is 2.97. The monoisotopic (exact) mass is 318 g/mol. The number of nitrogens with zero attached hydrogens (tertiary/aromatic N) is 2. The van der Waals surface area contributed by atoms with Crippen LogP contribution in [0.5, 0.6) is 0 Å². The molecule has 0 amide bonds. The highest BCUT2D eigenvalue weighted by Crippen LogP contribution is 2.33. The average Bonchev–Trinajstić information content (AvgIpc) is 3.15. The Bertz CT molecular complexity index is 796. The molecule has 1 aliphatic rings. The summed E-state index contributed by atoms with van der Waals surface area (Å²) in [6.07, 6.45) is 10.9. The molecule has 0 saturated heterocycles. The maximum absolute atomic E-state index is 4.49. The van der Waals surface area contributed by atoms with Crippen molar-refractivity contribution >= 4 is 0 Å². The third-order valence-corrected chi connectivity index (χ3v) is 4.79. The molecule has 0 unspecified atom stereocenters. The quantitative estimate of drug-likeness (QED) is 0.768. The second kappa shape index (κ2) is 6.57. The highest BCUT2D eigenvalue weighted by Gasteiger charge is 2.25. The smallest absolute Gasteiger partial charge is 0.127 e. The molecule has 0 saturated carbocycles. The average molecular weight is 318 g/mol. The molecule has 0 bridgehead atoms. The first kappa shape index (κ1) is 15.1. The lowest BCUT2D eigenvalue weighted by atomic mass is 9.86. The van der Waals surface area contributed by atoms with Gasteiger partial charge in [0.2, 0.25) is 0 Å². The number of pyridine rings is 1. The van der Waals surface area contributed by atoms with Crippen LogP contribution < -0.4 is 5.32 Å². The maximum atomic E-state index is 4.49. The van der Waals surface area contributed by atoms with Crippen molar-refractivity contribution in [2.45, 2.75) is 38.3 Å². The van der Waals surface area contributed by atoms with E-state index in [0.29, 0.717) is 6.04 Å². The lowest BCUT2D eigenvalue weighted by Crippen LogP contribution is -2.30. The molecule has 122 valence electrons. The third-order valence-electron chi connectivity index (χ3n) is 4.79. The molecule has 2 heterocycles. The molecule has 3 aromatic rings. The summed E-state index contributed by atoms with van der Waals surface area (Å²) < 4.78 is 0. The summed E-state index contributed by atoms with van der Waals surface area (Å²) in [5.74, 6) is 0.933. The molecular weight excluding hydrogens is 296 g/mol. The Kier molecular flexibility index (Phi) is 4.13. The number of nitrogens with one attached hydrogen (secondary N) is 2. The summed E-state index contributed by atoms with van der Waals surface area (Å²) >= 11 is 0. The zero-order valence-electron chi connectivity index (χ0n) is 13.9. The van der Waals surface area contributed by atoms with Crippen molar-refractivity contribution in [2.24, 2.45) is 0 Å². The fraction of sp³-hybridized carbons (Fsp3) is 0.300. The number of aromatic nitrogens is 3. The molecule has 0 spiro atoms. The predicted molar refractivity (Wildman–Crippen MR) is 94.7 cm³/mol. The molecule has 24 heavy (non-hydrogen) atoms. The Hall–Kier alpha value is -2.46. The number of fused-ring (bicyclic) bond motifs is 1. The van der Waals surface area contributed by atoms with E-state index in [4.69, 9.17) is 0 Å². The number of aryl methyl sites for hydroxylation is 2. The van der Waals surface area contributed by atoms with Crippen molar-refractivity contribution in [1.82, 2.24) is 20.3 Å². The molecule has 0 radical (unpaired) electrons. The molecule has 4 rings (SSSR count).